The average molecular weight is 262 g/mol. The SMILES string of the molecule is O=C1NCCSC1c1ccc(Cl)c(Cl)c1. The molecule has 2 rings (SSSR count). The second-order valence-electron chi connectivity index (χ2n) is 3.22. The van der Waals surface area contributed by atoms with Gasteiger partial charge >= 0.3 is 0 Å². The van der Waals surface area contributed by atoms with Crippen LogP contribution in [0.25, 0.3) is 0 Å². The number of carbonyl (C=O) groups excluding carboxylic acids is 1. The van der Waals surface area contributed by atoms with E-state index in [2.05, 4.69) is 5.32 Å². The van der Waals surface area contributed by atoms with Gasteiger partial charge in [-0.3, -0.25) is 4.79 Å². The first-order valence-corrected chi connectivity index (χ1v) is 6.33. The van der Waals surface area contributed by atoms with Gasteiger partial charge in [0.1, 0.15) is 5.25 Å². The number of halogens is 2. The molecule has 1 N–H and O–H groups in total. The number of hydrogen-bond donors (Lipinski definition) is 1. The highest BCUT2D eigenvalue weighted by Gasteiger charge is 2.24. The van der Waals surface area contributed by atoms with Crippen molar-refractivity contribution in [2.45, 2.75) is 5.25 Å². The molecule has 1 fully saturated rings. The molecule has 1 amide bonds. The van der Waals surface area contributed by atoms with Crippen LogP contribution >= 0.6 is 35.0 Å². The fourth-order valence-electron chi connectivity index (χ4n) is 1.44. The van der Waals surface area contributed by atoms with Crippen LogP contribution in [0.1, 0.15) is 10.8 Å². The van der Waals surface area contributed by atoms with Crippen molar-refractivity contribution < 1.29 is 4.79 Å². The minimum Gasteiger partial charge on any atom is -0.354 e. The third kappa shape index (κ3) is 2.41. The molecule has 1 aromatic rings. The average Bonchev–Trinajstić information content (AvgIpc) is 2.23. The molecule has 1 aliphatic heterocycles. The van der Waals surface area contributed by atoms with Gasteiger partial charge in [-0.15, -0.1) is 11.8 Å². The van der Waals surface area contributed by atoms with Crippen molar-refractivity contribution >= 4 is 40.9 Å². The maximum absolute atomic E-state index is 11.6. The summed E-state index contributed by atoms with van der Waals surface area (Å²) in [5, 5.41) is 3.68. The van der Waals surface area contributed by atoms with E-state index < -0.39 is 0 Å². The normalized spacial score (nSPS) is 21.2. The van der Waals surface area contributed by atoms with E-state index in [1.165, 1.54) is 0 Å². The largest absolute Gasteiger partial charge is 0.354 e. The molecule has 1 unspecified atom stereocenters. The van der Waals surface area contributed by atoms with E-state index in [1.807, 2.05) is 6.07 Å². The number of hydrogen-bond acceptors (Lipinski definition) is 2. The molecule has 1 saturated heterocycles. The lowest BCUT2D eigenvalue weighted by atomic mass is 10.1. The zero-order chi connectivity index (χ0) is 10.8. The zero-order valence-corrected chi connectivity index (χ0v) is 10.1. The number of rotatable bonds is 1. The number of thioether (sulfide) groups is 1. The molecule has 0 aliphatic carbocycles. The zero-order valence-electron chi connectivity index (χ0n) is 7.80. The van der Waals surface area contributed by atoms with Crippen LogP contribution in [-0.4, -0.2) is 18.2 Å². The van der Waals surface area contributed by atoms with Gasteiger partial charge in [-0.2, -0.15) is 0 Å². The van der Waals surface area contributed by atoms with E-state index in [0.29, 0.717) is 10.0 Å². The third-order valence-corrected chi connectivity index (χ3v) is 4.17. The summed E-state index contributed by atoms with van der Waals surface area (Å²) in [5.41, 5.74) is 0.909. The molecule has 0 radical (unpaired) electrons. The van der Waals surface area contributed by atoms with E-state index in [-0.39, 0.29) is 11.2 Å². The Kier molecular flexibility index (Phi) is 3.44. The maximum atomic E-state index is 11.6. The minimum atomic E-state index is -0.159. The fraction of sp³-hybridized carbons (Fsp3) is 0.300. The van der Waals surface area contributed by atoms with Gasteiger partial charge in [-0.1, -0.05) is 29.3 Å². The smallest absolute Gasteiger partial charge is 0.237 e. The first-order chi connectivity index (χ1) is 7.18. The first kappa shape index (κ1) is 11.1. The summed E-state index contributed by atoms with van der Waals surface area (Å²) >= 11 is 13.3. The van der Waals surface area contributed by atoms with E-state index >= 15 is 0 Å². The molecule has 0 saturated carbocycles. The summed E-state index contributed by atoms with van der Waals surface area (Å²) in [5.74, 6) is 0.973. The van der Waals surface area contributed by atoms with Crippen molar-refractivity contribution in [1.29, 1.82) is 0 Å². The van der Waals surface area contributed by atoms with E-state index in [9.17, 15) is 4.79 Å². The quantitative estimate of drug-likeness (QED) is 0.843. The van der Waals surface area contributed by atoms with Crippen molar-refractivity contribution in [3.8, 4) is 0 Å². The minimum absolute atomic E-state index is 0.0460. The van der Waals surface area contributed by atoms with Gasteiger partial charge < -0.3 is 5.32 Å². The highest BCUT2D eigenvalue weighted by molar-refractivity contribution is 8.00. The van der Waals surface area contributed by atoms with Crippen molar-refractivity contribution in [1.82, 2.24) is 5.32 Å². The second-order valence-corrected chi connectivity index (χ2v) is 5.24. The molecular weight excluding hydrogens is 253 g/mol. The van der Waals surface area contributed by atoms with E-state index in [4.69, 9.17) is 23.2 Å². The molecule has 0 spiro atoms. The topological polar surface area (TPSA) is 29.1 Å². The maximum Gasteiger partial charge on any atom is 0.237 e. The third-order valence-electron chi connectivity index (χ3n) is 2.17. The van der Waals surface area contributed by atoms with Gasteiger partial charge in [0, 0.05) is 12.3 Å². The molecule has 1 aromatic carbocycles. The lowest BCUT2D eigenvalue weighted by molar-refractivity contribution is -0.120. The summed E-state index contributed by atoms with van der Waals surface area (Å²) in [6.07, 6.45) is 0. The Bertz CT molecular complexity index is 397. The summed E-state index contributed by atoms with van der Waals surface area (Å²) in [6.45, 7) is 0.737. The van der Waals surface area contributed by atoms with Crippen LogP contribution in [0.3, 0.4) is 0 Å². The van der Waals surface area contributed by atoms with Gasteiger partial charge in [-0.25, -0.2) is 0 Å². The Morgan fingerprint density at radius 1 is 1.33 bits per heavy atom. The van der Waals surface area contributed by atoms with Crippen molar-refractivity contribution in [3.05, 3.63) is 33.8 Å². The summed E-state index contributed by atoms with van der Waals surface area (Å²) in [6, 6.07) is 5.32. The highest BCUT2D eigenvalue weighted by atomic mass is 35.5. The molecule has 0 aromatic heterocycles. The molecule has 2 nitrogen and oxygen atoms in total. The van der Waals surface area contributed by atoms with Crippen LogP contribution < -0.4 is 5.32 Å². The predicted octanol–water partition coefficient (Wildman–Crippen LogP) is 2.90. The van der Waals surface area contributed by atoms with E-state index in [1.54, 1.807) is 23.9 Å². The Labute approximate surface area is 102 Å². The lowest BCUT2D eigenvalue weighted by Crippen LogP contribution is -2.34. The fourth-order valence-corrected chi connectivity index (χ4v) is 2.78. The Hall–Kier alpha value is -0.380. The molecular formula is C10H9Cl2NOS. The van der Waals surface area contributed by atoms with Gasteiger partial charge in [0.2, 0.25) is 5.91 Å². The van der Waals surface area contributed by atoms with Crippen LogP contribution in [0.5, 0.6) is 0 Å². The monoisotopic (exact) mass is 261 g/mol. The number of amides is 1. The molecule has 0 bridgehead atoms. The Balaban J connectivity index is 2.28. The van der Waals surface area contributed by atoms with Crippen molar-refractivity contribution in [2.24, 2.45) is 0 Å². The Morgan fingerprint density at radius 3 is 2.80 bits per heavy atom. The molecule has 1 aliphatic rings. The number of benzene rings is 1. The molecule has 15 heavy (non-hydrogen) atoms. The number of nitrogens with one attached hydrogen (secondary N) is 1. The van der Waals surface area contributed by atoms with Crippen LogP contribution in [0.2, 0.25) is 10.0 Å². The van der Waals surface area contributed by atoms with Crippen LogP contribution in [0.15, 0.2) is 18.2 Å². The summed E-state index contributed by atoms with van der Waals surface area (Å²) in [7, 11) is 0. The van der Waals surface area contributed by atoms with Gasteiger partial charge in [-0.05, 0) is 17.7 Å². The summed E-state index contributed by atoms with van der Waals surface area (Å²) in [4.78, 5) is 11.6. The van der Waals surface area contributed by atoms with Gasteiger partial charge in [0.25, 0.3) is 0 Å². The lowest BCUT2D eigenvalue weighted by Gasteiger charge is -2.21. The van der Waals surface area contributed by atoms with Crippen molar-refractivity contribution in [3.63, 3.8) is 0 Å². The predicted molar refractivity (Wildman–Crippen MR) is 64.7 cm³/mol. The van der Waals surface area contributed by atoms with Gasteiger partial charge in [0.05, 0.1) is 10.0 Å². The highest BCUT2D eigenvalue weighted by Crippen LogP contribution is 2.34. The standard InChI is InChI=1S/C10H9Cl2NOS/c11-7-2-1-6(5-8(7)12)9-10(14)13-3-4-15-9/h1-2,5,9H,3-4H2,(H,13,14). The molecule has 80 valence electrons. The summed E-state index contributed by atoms with van der Waals surface area (Å²) < 4.78 is 0. The number of carbonyl (C=O) groups is 1. The van der Waals surface area contributed by atoms with Crippen LogP contribution in [-0.2, 0) is 4.79 Å². The molecule has 1 heterocycles. The molecule has 5 heteroatoms. The van der Waals surface area contributed by atoms with Crippen molar-refractivity contribution in [2.75, 3.05) is 12.3 Å². The van der Waals surface area contributed by atoms with Crippen LogP contribution in [0.4, 0.5) is 0 Å². The Morgan fingerprint density at radius 2 is 2.13 bits per heavy atom. The first-order valence-electron chi connectivity index (χ1n) is 4.53. The second kappa shape index (κ2) is 4.64. The van der Waals surface area contributed by atoms with Gasteiger partial charge in [0.15, 0.2) is 0 Å². The molecule has 1 atom stereocenters. The van der Waals surface area contributed by atoms with Crippen LogP contribution in [0, 0.1) is 0 Å². The van der Waals surface area contributed by atoms with E-state index in [0.717, 1.165) is 17.9 Å².